The molecule has 0 amide bonds. The van der Waals surface area contributed by atoms with Crippen LogP contribution in [-0.4, -0.2) is 61.7 Å². The third-order valence-electron chi connectivity index (χ3n) is 5.76. The van der Waals surface area contributed by atoms with Crippen molar-refractivity contribution in [3.8, 4) is 0 Å². The Balaban J connectivity index is 1.45. The van der Waals surface area contributed by atoms with Crippen molar-refractivity contribution in [3.05, 3.63) is 64.1 Å². The van der Waals surface area contributed by atoms with E-state index in [-0.39, 0.29) is 10.9 Å². The Morgan fingerprint density at radius 1 is 1.16 bits per heavy atom. The zero-order chi connectivity index (χ0) is 22.7. The number of rotatable bonds is 6. The molecule has 1 aromatic carbocycles. The number of aromatic nitrogens is 3. The SMILES string of the molecule is CCn1cc(C(=O)O)c(=O)c2cnc(N3CCN(C(=S)CCc4ccccc4)CC3)nc21. The monoisotopic (exact) mass is 451 g/mol. The number of aromatic carboxylic acids is 1. The summed E-state index contributed by atoms with van der Waals surface area (Å²) < 4.78 is 1.68. The Labute approximate surface area is 191 Å². The van der Waals surface area contributed by atoms with Gasteiger partial charge in [0.1, 0.15) is 11.2 Å². The molecule has 0 aliphatic carbocycles. The largest absolute Gasteiger partial charge is 0.477 e. The molecule has 0 saturated carbocycles. The highest BCUT2D eigenvalue weighted by molar-refractivity contribution is 7.80. The second-order valence-corrected chi connectivity index (χ2v) is 8.20. The van der Waals surface area contributed by atoms with Gasteiger partial charge in [-0.05, 0) is 18.9 Å². The fraction of sp³-hybridized carbons (Fsp3) is 0.348. The molecule has 9 heteroatoms. The number of carboxylic acids is 1. The van der Waals surface area contributed by atoms with Crippen molar-refractivity contribution in [3.63, 3.8) is 0 Å². The van der Waals surface area contributed by atoms with Crippen molar-refractivity contribution in [2.24, 2.45) is 0 Å². The molecule has 1 aliphatic heterocycles. The summed E-state index contributed by atoms with van der Waals surface area (Å²) in [5.41, 5.74) is 0.907. The van der Waals surface area contributed by atoms with Gasteiger partial charge in [0.15, 0.2) is 0 Å². The quantitative estimate of drug-likeness (QED) is 0.572. The van der Waals surface area contributed by atoms with Crippen molar-refractivity contribution < 1.29 is 9.90 Å². The van der Waals surface area contributed by atoms with Crippen LogP contribution < -0.4 is 10.3 Å². The molecule has 3 heterocycles. The molecule has 0 spiro atoms. The number of pyridine rings is 1. The molecule has 3 aromatic rings. The lowest BCUT2D eigenvalue weighted by Gasteiger charge is -2.36. The minimum atomic E-state index is -1.25. The van der Waals surface area contributed by atoms with Gasteiger partial charge >= 0.3 is 5.97 Å². The summed E-state index contributed by atoms with van der Waals surface area (Å²) in [6, 6.07) is 10.3. The Hall–Kier alpha value is -3.33. The van der Waals surface area contributed by atoms with E-state index < -0.39 is 11.4 Å². The van der Waals surface area contributed by atoms with Crippen LogP contribution in [-0.2, 0) is 13.0 Å². The van der Waals surface area contributed by atoms with E-state index in [9.17, 15) is 14.7 Å². The van der Waals surface area contributed by atoms with Gasteiger partial charge in [0.25, 0.3) is 0 Å². The first-order valence-electron chi connectivity index (χ1n) is 10.7. The molecule has 0 bridgehead atoms. The third-order valence-corrected chi connectivity index (χ3v) is 6.22. The number of carbonyl (C=O) groups is 1. The average Bonchev–Trinajstić information content (AvgIpc) is 2.83. The molecule has 0 unspecified atom stereocenters. The predicted molar refractivity (Wildman–Crippen MR) is 128 cm³/mol. The van der Waals surface area contributed by atoms with Crippen LogP contribution in [0.1, 0.15) is 29.3 Å². The molecule has 166 valence electrons. The Kier molecular flexibility index (Phi) is 6.45. The van der Waals surface area contributed by atoms with Crippen LogP contribution in [0.2, 0.25) is 0 Å². The number of benzene rings is 1. The maximum Gasteiger partial charge on any atom is 0.341 e. The van der Waals surface area contributed by atoms with Crippen LogP contribution in [0, 0.1) is 0 Å². The first kappa shape index (κ1) is 21.9. The van der Waals surface area contributed by atoms with Gasteiger partial charge in [-0.2, -0.15) is 4.98 Å². The second-order valence-electron chi connectivity index (χ2n) is 7.72. The number of carboxylic acid groups (broad SMARTS) is 1. The average molecular weight is 452 g/mol. The van der Waals surface area contributed by atoms with E-state index >= 15 is 0 Å². The molecule has 0 radical (unpaired) electrons. The number of thiocarbonyl (C=S) groups is 1. The fourth-order valence-electron chi connectivity index (χ4n) is 3.92. The highest BCUT2D eigenvalue weighted by atomic mass is 32.1. The summed E-state index contributed by atoms with van der Waals surface area (Å²) in [5, 5.41) is 9.52. The molecule has 8 nitrogen and oxygen atoms in total. The number of anilines is 1. The van der Waals surface area contributed by atoms with Crippen molar-refractivity contribution in [1.29, 1.82) is 0 Å². The van der Waals surface area contributed by atoms with Crippen LogP contribution in [0.5, 0.6) is 0 Å². The van der Waals surface area contributed by atoms with Gasteiger partial charge in [0, 0.05) is 51.5 Å². The van der Waals surface area contributed by atoms with Gasteiger partial charge in [-0.1, -0.05) is 42.5 Å². The minimum absolute atomic E-state index is 0.219. The zero-order valence-electron chi connectivity index (χ0n) is 17.9. The molecule has 2 aromatic heterocycles. The van der Waals surface area contributed by atoms with E-state index in [1.54, 1.807) is 4.57 Å². The van der Waals surface area contributed by atoms with E-state index in [4.69, 9.17) is 12.2 Å². The number of aryl methyl sites for hydroxylation is 2. The molecule has 32 heavy (non-hydrogen) atoms. The van der Waals surface area contributed by atoms with Crippen LogP contribution >= 0.6 is 12.2 Å². The highest BCUT2D eigenvalue weighted by Gasteiger charge is 2.22. The molecule has 1 saturated heterocycles. The molecule has 1 fully saturated rings. The Bertz CT molecular complexity index is 1200. The van der Waals surface area contributed by atoms with Gasteiger partial charge in [0.2, 0.25) is 11.4 Å². The summed E-state index contributed by atoms with van der Waals surface area (Å²) in [6.45, 7) is 5.39. The first-order chi connectivity index (χ1) is 15.5. The van der Waals surface area contributed by atoms with Crippen molar-refractivity contribution in [1.82, 2.24) is 19.4 Å². The summed E-state index contributed by atoms with van der Waals surface area (Å²) in [4.78, 5) is 38.1. The van der Waals surface area contributed by atoms with Gasteiger partial charge in [-0.3, -0.25) is 4.79 Å². The molecular formula is C23H25N5O3S. The van der Waals surface area contributed by atoms with Crippen LogP contribution in [0.25, 0.3) is 11.0 Å². The number of nitrogens with zero attached hydrogens (tertiary/aromatic N) is 5. The van der Waals surface area contributed by atoms with Gasteiger partial charge in [-0.15, -0.1) is 0 Å². The van der Waals surface area contributed by atoms with E-state index in [0.29, 0.717) is 18.1 Å². The summed E-state index contributed by atoms with van der Waals surface area (Å²) in [6.07, 6.45) is 4.57. The Morgan fingerprint density at radius 3 is 2.53 bits per heavy atom. The van der Waals surface area contributed by atoms with Crippen LogP contribution in [0.3, 0.4) is 0 Å². The maximum atomic E-state index is 12.5. The number of hydrogen-bond donors (Lipinski definition) is 1. The first-order valence-corrected chi connectivity index (χ1v) is 11.1. The molecule has 4 rings (SSSR count). The summed E-state index contributed by atoms with van der Waals surface area (Å²) in [5.74, 6) is -0.709. The van der Waals surface area contributed by atoms with Crippen LogP contribution in [0.4, 0.5) is 5.95 Å². The summed E-state index contributed by atoms with van der Waals surface area (Å²) >= 11 is 5.66. The third kappa shape index (κ3) is 4.47. The van der Waals surface area contributed by atoms with Crippen molar-refractivity contribution in [2.75, 3.05) is 31.1 Å². The fourth-order valence-corrected chi connectivity index (χ4v) is 4.20. The van der Waals surface area contributed by atoms with E-state index in [2.05, 4.69) is 31.9 Å². The number of fused-ring (bicyclic) bond motifs is 1. The molecule has 1 N–H and O–H groups in total. The predicted octanol–water partition coefficient (Wildman–Crippen LogP) is 2.59. The van der Waals surface area contributed by atoms with Crippen LogP contribution in [0.15, 0.2) is 47.5 Å². The highest BCUT2D eigenvalue weighted by Crippen LogP contribution is 2.17. The van der Waals surface area contributed by atoms with Gasteiger partial charge < -0.3 is 19.5 Å². The van der Waals surface area contributed by atoms with Gasteiger partial charge in [-0.25, -0.2) is 9.78 Å². The van der Waals surface area contributed by atoms with Gasteiger partial charge in [0.05, 0.1) is 10.4 Å². The second kappa shape index (κ2) is 9.44. The standard InChI is InChI=1S/C23H25N5O3S/c1-2-26-15-18(22(30)31)20(29)17-14-24-23(25-21(17)26)28-12-10-27(11-13-28)19(32)9-8-16-6-4-3-5-7-16/h3-7,14-15H,2,8-13H2,1H3,(H,30,31). The van der Waals surface area contributed by atoms with E-state index in [0.717, 1.165) is 44.0 Å². The lowest BCUT2D eigenvalue weighted by Crippen LogP contribution is -2.48. The summed E-state index contributed by atoms with van der Waals surface area (Å²) in [7, 11) is 0. The molecule has 1 aliphatic rings. The number of piperazine rings is 1. The minimum Gasteiger partial charge on any atom is -0.477 e. The van der Waals surface area contributed by atoms with Crippen molar-refractivity contribution >= 4 is 40.2 Å². The lowest BCUT2D eigenvalue weighted by molar-refractivity contribution is 0.0695. The van der Waals surface area contributed by atoms with E-state index in [1.165, 1.54) is 18.0 Å². The Morgan fingerprint density at radius 2 is 1.88 bits per heavy atom. The lowest BCUT2D eigenvalue weighted by atomic mass is 10.1. The molecular weight excluding hydrogens is 426 g/mol. The normalized spacial score (nSPS) is 14.0. The van der Waals surface area contributed by atoms with Crippen molar-refractivity contribution in [2.45, 2.75) is 26.3 Å². The molecule has 0 atom stereocenters. The van der Waals surface area contributed by atoms with E-state index in [1.807, 2.05) is 25.1 Å². The zero-order valence-corrected chi connectivity index (χ0v) is 18.7. The number of hydrogen-bond acceptors (Lipinski definition) is 6. The topological polar surface area (TPSA) is 91.6 Å². The maximum absolute atomic E-state index is 12.5. The smallest absolute Gasteiger partial charge is 0.341 e.